The molecule has 0 saturated carbocycles. The molecule has 0 aliphatic carbocycles. The van der Waals surface area contributed by atoms with Crippen LogP contribution in [0.25, 0.3) is 0 Å². The summed E-state index contributed by atoms with van der Waals surface area (Å²) in [5.74, 6) is -2.33. The third kappa shape index (κ3) is 4.85. The Kier molecular flexibility index (Phi) is 6.29. The number of hydrogen-bond acceptors (Lipinski definition) is 6. The van der Waals surface area contributed by atoms with Gasteiger partial charge in [-0.25, -0.2) is 0 Å². The second-order valence-electron chi connectivity index (χ2n) is 7.32. The quantitative estimate of drug-likeness (QED) is 0.417. The summed E-state index contributed by atoms with van der Waals surface area (Å²) in [6, 6.07) is 11.4. The topological polar surface area (TPSA) is 110 Å². The van der Waals surface area contributed by atoms with Gasteiger partial charge in [0.25, 0.3) is 17.7 Å². The van der Waals surface area contributed by atoms with Crippen molar-refractivity contribution in [1.29, 1.82) is 0 Å². The number of benzene rings is 2. The van der Waals surface area contributed by atoms with Gasteiger partial charge in [-0.3, -0.25) is 28.9 Å². The molecule has 0 radical (unpaired) electrons. The molecule has 31 heavy (non-hydrogen) atoms. The number of Topliss-reactive ketones (excluding diaryl/α,β-unsaturated/α-hetero) is 1. The van der Waals surface area contributed by atoms with Crippen molar-refractivity contribution in [3.8, 4) is 0 Å². The molecule has 1 aliphatic heterocycles. The highest BCUT2D eigenvalue weighted by Crippen LogP contribution is 2.24. The molecule has 3 amide bonds. The van der Waals surface area contributed by atoms with Crippen molar-refractivity contribution >= 4 is 35.2 Å². The van der Waals surface area contributed by atoms with Gasteiger partial charge < -0.3 is 10.1 Å². The Morgan fingerprint density at radius 2 is 1.74 bits per heavy atom. The van der Waals surface area contributed by atoms with E-state index in [9.17, 15) is 24.0 Å². The number of amides is 3. The third-order valence-corrected chi connectivity index (χ3v) is 4.88. The molecule has 0 saturated heterocycles. The number of fused-ring (bicyclic) bond motifs is 1. The average molecular weight is 422 g/mol. The minimum absolute atomic E-state index is 0.140. The first-order chi connectivity index (χ1) is 14.7. The number of anilines is 1. The second kappa shape index (κ2) is 8.91. The summed E-state index contributed by atoms with van der Waals surface area (Å²) in [4.78, 5) is 61.7. The minimum atomic E-state index is -1.10. The number of carbonyl (C=O) groups excluding carboxylic acids is 5. The molecule has 0 bridgehead atoms. The normalized spacial score (nSPS) is 13.6. The Morgan fingerprint density at radius 1 is 1.03 bits per heavy atom. The van der Waals surface area contributed by atoms with Crippen molar-refractivity contribution < 1.29 is 28.7 Å². The molecular weight excluding hydrogens is 400 g/mol. The number of aryl methyl sites for hydroxylation is 1. The van der Waals surface area contributed by atoms with Gasteiger partial charge in [0.05, 0.1) is 17.5 Å². The van der Waals surface area contributed by atoms with Crippen molar-refractivity contribution in [2.45, 2.75) is 33.3 Å². The van der Waals surface area contributed by atoms with Crippen LogP contribution >= 0.6 is 0 Å². The van der Waals surface area contributed by atoms with Gasteiger partial charge in [0.15, 0.2) is 11.9 Å². The van der Waals surface area contributed by atoms with Crippen molar-refractivity contribution in [3.63, 3.8) is 0 Å². The fourth-order valence-corrected chi connectivity index (χ4v) is 3.18. The zero-order valence-corrected chi connectivity index (χ0v) is 17.4. The SMILES string of the molecule is CC(=O)c1cccc(NC(=O)C(C)OC(=O)CCN2C(=O)c3ccc(C)cc3C2=O)c1. The number of carbonyl (C=O) groups is 5. The highest BCUT2D eigenvalue weighted by molar-refractivity contribution is 6.21. The van der Waals surface area contributed by atoms with E-state index in [1.54, 1.807) is 36.4 Å². The first-order valence-corrected chi connectivity index (χ1v) is 9.75. The van der Waals surface area contributed by atoms with Crippen molar-refractivity contribution in [2.75, 3.05) is 11.9 Å². The van der Waals surface area contributed by atoms with Crippen LogP contribution in [0.15, 0.2) is 42.5 Å². The number of hydrogen-bond donors (Lipinski definition) is 1. The zero-order chi connectivity index (χ0) is 22.7. The molecule has 8 nitrogen and oxygen atoms in total. The fraction of sp³-hybridized carbons (Fsp3) is 0.261. The van der Waals surface area contributed by atoms with E-state index in [2.05, 4.69) is 5.32 Å². The monoisotopic (exact) mass is 422 g/mol. The van der Waals surface area contributed by atoms with Gasteiger partial charge in [-0.05, 0) is 45.0 Å². The van der Waals surface area contributed by atoms with Gasteiger partial charge in [0, 0.05) is 17.8 Å². The predicted molar refractivity (Wildman–Crippen MR) is 112 cm³/mol. The van der Waals surface area contributed by atoms with E-state index in [1.165, 1.54) is 19.9 Å². The van der Waals surface area contributed by atoms with Crippen molar-refractivity contribution in [3.05, 3.63) is 64.7 Å². The first kappa shape index (κ1) is 21.9. The van der Waals surface area contributed by atoms with Crippen LogP contribution in [0.3, 0.4) is 0 Å². The smallest absolute Gasteiger partial charge is 0.308 e. The maximum absolute atomic E-state index is 12.4. The first-order valence-electron chi connectivity index (χ1n) is 9.75. The van der Waals surface area contributed by atoms with Crippen molar-refractivity contribution in [1.82, 2.24) is 4.90 Å². The van der Waals surface area contributed by atoms with Gasteiger partial charge in [-0.1, -0.05) is 23.8 Å². The van der Waals surface area contributed by atoms with Crippen molar-refractivity contribution in [2.24, 2.45) is 0 Å². The summed E-state index contributed by atoms with van der Waals surface area (Å²) in [6.45, 7) is 4.51. The maximum Gasteiger partial charge on any atom is 0.308 e. The van der Waals surface area contributed by atoms with E-state index in [1.807, 2.05) is 6.92 Å². The number of imide groups is 1. The molecule has 1 N–H and O–H groups in total. The van der Waals surface area contributed by atoms with E-state index in [-0.39, 0.29) is 18.7 Å². The van der Waals surface area contributed by atoms with Crippen LogP contribution in [0.5, 0.6) is 0 Å². The lowest BCUT2D eigenvalue weighted by Gasteiger charge is -2.16. The van der Waals surface area contributed by atoms with Gasteiger partial charge >= 0.3 is 5.97 Å². The molecule has 0 aromatic heterocycles. The molecule has 1 heterocycles. The Bertz CT molecular complexity index is 1090. The lowest BCUT2D eigenvalue weighted by molar-refractivity contribution is -0.153. The highest BCUT2D eigenvalue weighted by Gasteiger charge is 2.35. The number of ether oxygens (including phenoxy) is 1. The van der Waals surface area contributed by atoms with Gasteiger partial charge in [0.1, 0.15) is 0 Å². The van der Waals surface area contributed by atoms with E-state index in [0.29, 0.717) is 22.4 Å². The lowest BCUT2D eigenvalue weighted by Crippen LogP contribution is -2.34. The summed E-state index contributed by atoms with van der Waals surface area (Å²) in [6.07, 6.45) is -1.33. The van der Waals surface area contributed by atoms with Crippen LogP contribution in [0.4, 0.5) is 5.69 Å². The number of nitrogens with one attached hydrogen (secondary N) is 1. The number of esters is 1. The van der Waals surface area contributed by atoms with Crippen LogP contribution in [0.1, 0.15) is 56.9 Å². The van der Waals surface area contributed by atoms with E-state index in [4.69, 9.17) is 4.74 Å². The predicted octanol–water partition coefficient (Wildman–Crippen LogP) is 2.75. The van der Waals surface area contributed by atoms with Gasteiger partial charge in [-0.2, -0.15) is 0 Å². The molecule has 1 unspecified atom stereocenters. The second-order valence-corrected chi connectivity index (χ2v) is 7.32. The molecule has 0 spiro atoms. The molecule has 8 heteroatoms. The van der Waals surface area contributed by atoms with E-state index >= 15 is 0 Å². The van der Waals surface area contributed by atoms with Crippen LogP contribution in [-0.4, -0.2) is 47.0 Å². The summed E-state index contributed by atoms with van der Waals surface area (Å²) >= 11 is 0. The van der Waals surface area contributed by atoms with Crippen LogP contribution in [0.2, 0.25) is 0 Å². The molecule has 1 aliphatic rings. The van der Waals surface area contributed by atoms with E-state index < -0.39 is 29.8 Å². The number of rotatable bonds is 7. The largest absolute Gasteiger partial charge is 0.452 e. The molecule has 0 fully saturated rings. The lowest BCUT2D eigenvalue weighted by atomic mass is 10.1. The Morgan fingerprint density at radius 3 is 2.45 bits per heavy atom. The Balaban J connectivity index is 1.53. The summed E-state index contributed by atoms with van der Waals surface area (Å²) in [5.41, 5.74) is 2.33. The summed E-state index contributed by atoms with van der Waals surface area (Å²) < 4.78 is 5.12. The van der Waals surface area contributed by atoms with Crippen LogP contribution < -0.4 is 5.32 Å². The molecule has 2 aromatic rings. The molecular formula is C23H22N2O6. The summed E-state index contributed by atoms with van der Waals surface area (Å²) in [5, 5.41) is 2.58. The van der Waals surface area contributed by atoms with Gasteiger partial charge in [0.2, 0.25) is 0 Å². The minimum Gasteiger partial charge on any atom is -0.452 e. The van der Waals surface area contributed by atoms with Gasteiger partial charge in [-0.15, -0.1) is 0 Å². The number of nitrogens with zero attached hydrogens (tertiary/aromatic N) is 1. The van der Waals surface area contributed by atoms with E-state index in [0.717, 1.165) is 10.5 Å². The standard InChI is InChI=1S/C23H22N2O6/c1-13-7-8-18-19(11-13)23(30)25(22(18)29)10-9-20(27)31-15(3)21(28)24-17-6-4-5-16(12-17)14(2)26/h4-8,11-12,15H,9-10H2,1-3H3,(H,24,28). The van der Waals surface area contributed by atoms with Crippen LogP contribution in [-0.2, 0) is 14.3 Å². The fourth-order valence-electron chi connectivity index (χ4n) is 3.18. The Hall–Kier alpha value is -3.81. The Labute approximate surface area is 179 Å². The van der Waals surface area contributed by atoms with Crippen LogP contribution in [0, 0.1) is 6.92 Å². The number of ketones is 1. The molecule has 160 valence electrons. The molecule has 2 aromatic carbocycles. The zero-order valence-electron chi connectivity index (χ0n) is 17.4. The maximum atomic E-state index is 12.4. The third-order valence-electron chi connectivity index (χ3n) is 4.88. The molecule has 1 atom stereocenters. The highest BCUT2D eigenvalue weighted by atomic mass is 16.5. The average Bonchev–Trinajstić information content (AvgIpc) is 2.96. The summed E-state index contributed by atoms with van der Waals surface area (Å²) in [7, 11) is 0. The molecule has 3 rings (SSSR count).